The SMILES string of the molecule is C[C@H]1Nc2ccn3ncc(c3n2)C(=O)NC[C@@H](CN(C)C)Oc2ccc(F)cc21. The summed E-state index contributed by atoms with van der Waals surface area (Å²) in [6.07, 6.45) is 2.90. The van der Waals surface area contributed by atoms with Gasteiger partial charge in [-0.3, -0.25) is 4.79 Å². The Bertz CT molecular complexity index is 1050. The standard InChI is InChI=1S/C20H23FN6O2/c1-12-15-8-13(21)4-5-17(15)29-14(11-26(2)3)9-22-20(28)16-10-23-27-7-6-18(24-12)25-19(16)27/h4-8,10,12,14H,9,11H2,1-3H3,(H,22,28)(H,24,25)/t12-,14+/m1/s1. The molecule has 0 unspecified atom stereocenters. The summed E-state index contributed by atoms with van der Waals surface area (Å²) in [7, 11) is 3.86. The number of ether oxygens (including phenoxy) is 1. The molecule has 2 bridgehead atoms. The Kier molecular flexibility index (Phi) is 5.06. The van der Waals surface area contributed by atoms with E-state index in [2.05, 4.69) is 20.7 Å². The number of benzene rings is 1. The van der Waals surface area contributed by atoms with Crippen LogP contribution in [0.1, 0.15) is 28.9 Å². The first-order valence-electron chi connectivity index (χ1n) is 9.40. The molecule has 3 heterocycles. The highest BCUT2D eigenvalue weighted by atomic mass is 19.1. The van der Waals surface area contributed by atoms with Crippen LogP contribution in [0.5, 0.6) is 5.75 Å². The number of nitrogens with zero attached hydrogens (tertiary/aromatic N) is 4. The molecule has 0 radical (unpaired) electrons. The number of likely N-dealkylation sites (N-methyl/N-ethyl adjacent to an activating group) is 1. The third-order valence-corrected chi connectivity index (χ3v) is 4.77. The molecular formula is C20H23FN6O2. The van der Waals surface area contributed by atoms with Crippen LogP contribution in [0.3, 0.4) is 0 Å². The Labute approximate surface area is 167 Å². The largest absolute Gasteiger partial charge is 0.487 e. The second-order valence-electron chi connectivity index (χ2n) is 7.40. The van der Waals surface area contributed by atoms with Gasteiger partial charge in [0.2, 0.25) is 0 Å². The highest BCUT2D eigenvalue weighted by molar-refractivity contribution is 5.99. The molecule has 29 heavy (non-hydrogen) atoms. The zero-order chi connectivity index (χ0) is 20.5. The number of rotatable bonds is 2. The van der Waals surface area contributed by atoms with Crippen LogP contribution in [0, 0.1) is 5.82 Å². The second-order valence-corrected chi connectivity index (χ2v) is 7.40. The lowest BCUT2D eigenvalue weighted by Gasteiger charge is -2.25. The molecule has 2 aromatic heterocycles. The lowest BCUT2D eigenvalue weighted by Crippen LogP contribution is -2.41. The fourth-order valence-corrected chi connectivity index (χ4v) is 3.41. The van der Waals surface area contributed by atoms with Gasteiger partial charge >= 0.3 is 0 Å². The van der Waals surface area contributed by atoms with E-state index in [0.29, 0.717) is 34.9 Å². The van der Waals surface area contributed by atoms with E-state index in [-0.39, 0.29) is 30.4 Å². The summed E-state index contributed by atoms with van der Waals surface area (Å²) in [6, 6.07) is 5.94. The quantitative estimate of drug-likeness (QED) is 0.688. The van der Waals surface area contributed by atoms with Crippen molar-refractivity contribution in [1.82, 2.24) is 24.8 Å². The lowest BCUT2D eigenvalue weighted by molar-refractivity contribution is 0.0914. The van der Waals surface area contributed by atoms with Crippen molar-refractivity contribution in [2.45, 2.75) is 19.1 Å². The average molecular weight is 398 g/mol. The molecule has 0 saturated carbocycles. The van der Waals surface area contributed by atoms with E-state index >= 15 is 0 Å². The third-order valence-electron chi connectivity index (χ3n) is 4.77. The minimum atomic E-state index is -0.343. The maximum atomic E-state index is 14.0. The minimum Gasteiger partial charge on any atom is -0.487 e. The van der Waals surface area contributed by atoms with Gasteiger partial charge in [-0.05, 0) is 45.3 Å². The Morgan fingerprint density at radius 1 is 1.34 bits per heavy atom. The summed E-state index contributed by atoms with van der Waals surface area (Å²) in [5, 5.41) is 10.4. The molecule has 0 aliphatic carbocycles. The Balaban J connectivity index is 1.79. The third kappa shape index (κ3) is 4.00. The monoisotopic (exact) mass is 398 g/mol. The van der Waals surface area contributed by atoms with E-state index in [1.807, 2.05) is 25.9 Å². The molecule has 0 fully saturated rings. The molecule has 0 spiro atoms. The van der Waals surface area contributed by atoms with Crippen molar-refractivity contribution >= 4 is 17.4 Å². The number of fused-ring (bicyclic) bond motifs is 2. The van der Waals surface area contributed by atoms with Crippen LogP contribution in [0.2, 0.25) is 0 Å². The zero-order valence-corrected chi connectivity index (χ0v) is 16.5. The molecule has 2 atom stereocenters. The summed E-state index contributed by atoms with van der Waals surface area (Å²) < 4.78 is 21.7. The van der Waals surface area contributed by atoms with E-state index in [4.69, 9.17) is 4.74 Å². The van der Waals surface area contributed by atoms with E-state index in [1.165, 1.54) is 18.3 Å². The highest BCUT2D eigenvalue weighted by Crippen LogP contribution is 2.29. The van der Waals surface area contributed by atoms with Gasteiger partial charge in [0.1, 0.15) is 29.1 Å². The van der Waals surface area contributed by atoms with Gasteiger partial charge in [-0.25, -0.2) is 13.9 Å². The summed E-state index contributed by atoms with van der Waals surface area (Å²) in [5.41, 5.74) is 1.51. The zero-order valence-electron chi connectivity index (χ0n) is 16.5. The molecular weight excluding hydrogens is 375 g/mol. The number of hydrogen-bond donors (Lipinski definition) is 2. The number of anilines is 1. The Morgan fingerprint density at radius 2 is 2.17 bits per heavy atom. The molecule has 0 saturated heterocycles. The summed E-state index contributed by atoms with van der Waals surface area (Å²) in [6.45, 7) is 2.77. The molecule has 152 valence electrons. The molecule has 1 aliphatic rings. The van der Waals surface area contributed by atoms with Gasteiger partial charge < -0.3 is 20.3 Å². The van der Waals surface area contributed by atoms with Crippen molar-refractivity contribution in [3.63, 3.8) is 0 Å². The van der Waals surface area contributed by atoms with Crippen LogP contribution in [0.15, 0.2) is 36.7 Å². The number of amides is 1. The number of aromatic nitrogens is 3. The number of carbonyl (C=O) groups excluding carboxylic acids is 1. The second kappa shape index (κ2) is 7.67. The maximum Gasteiger partial charge on any atom is 0.256 e. The van der Waals surface area contributed by atoms with Gasteiger partial charge in [0.15, 0.2) is 5.65 Å². The smallest absolute Gasteiger partial charge is 0.256 e. The normalized spacial score (nSPS) is 19.6. The van der Waals surface area contributed by atoms with Crippen molar-refractivity contribution in [2.24, 2.45) is 0 Å². The predicted octanol–water partition coefficient (Wildman–Crippen LogP) is 2.09. The van der Waals surface area contributed by atoms with E-state index in [9.17, 15) is 9.18 Å². The Morgan fingerprint density at radius 3 is 2.97 bits per heavy atom. The van der Waals surface area contributed by atoms with Crippen molar-refractivity contribution in [3.05, 3.63) is 53.6 Å². The van der Waals surface area contributed by atoms with E-state index in [0.717, 1.165) is 0 Å². The van der Waals surface area contributed by atoms with Crippen LogP contribution in [-0.2, 0) is 0 Å². The van der Waals surface area contributed by atoms with Crippen molar-refractivity contribution < 1.29 is 13.9 Å². The van der Waals surface area contributed by atoms with Gasteiger partial charge in [-0.1, -0.05) is 0 Å². The number of hydrogen-bond acceptors (Lipinski definition) is 6. The maximum absolute atomic E-state index is 14.0. The van der Waals surface area contributed by atoms with Crippen molar-refractivity contribution in [2.75, 3.05) is 32.5 Å². The van der Waals surface area contributed by atoms with Crippen LogP contribution in [0.25, 0.3) is 5.65 Å². The van der Waals surface area contributed by atoms with Crippen LogP contribution in [0.4, 0.5) is 10.2 Å². The molecule has 9 heteroatoms. The molecule has 1 aromatic carbocycles. The molecule has 3 aromatic rings. The fraction of sp³-hybridized carbons (Fsp3) is 0.350. The fourth-order valence-electron chi connectivity index (χ4n) is 3.41. The van der Waals surface area contributed by atoms with Crippen molar-refractivity contribution in [1.29, 1.82) is 0 Å². The molecule has 1 aliphatic heterocycles. The highest BCUT2D eigenvalue weighted by Gasteiger charge is 2.22. The number of nitrogens with one attached hydrogen (secondary N) is 2. The summed E-state index contributed by atoms with van der Waals surface area (Å²) in [4.78, 5) is 19.2. The van der Waals surface area contributed by atoms with Gasteiger partial charge in [0.25, 0.3) is 5.91 Å². The summed E-state index contributed by atoms with van der Waals surface area (Å²) in [5.74, 6) is 0.502. The Hall–Kier alpha value is -3.20. The molecule has 4 rings (SSSR count). The van der Waals surface area contributed by atoms with Gasteiger partial charge in [0.05, 0.1) is 18.8 Å². The first-order valence-corrected chi connectivity index (χ1v) is 9.40. The van der Waals surface area contributed by atoms with Crippen molar-refractivity contribution in [3.8, 4) is 5.75 Å². The van der Waals surface area contributed by atoms with Gasteiger partial charge in [-0.15, -0.1) is 0 Å². The predicted molar refractivity (Wildman–Crippen MR) is 107 cm³/mol. The van der Waals surface area contributed by atoms with E-state index < -0.39 is 0 Å². The minimum absolute atomic E-state index is 0.272. The lowest BCUT2D eigenvalue weighted by atomic mass is 10.1. The van der Waals surface area contributed by atoms with Crippen LogP contribution in [-0.4, -0.2) is 58.7 Å². The number of carbonyl (C=O) groups is 1. The van der Waals surface area contributed by atoms with Gasteiger partial charge in [-0.2, -0.15) is 5.10 Å². The van der Waals surface area contributed by atoms with E-state index in [1.54, 1.807) is 22.8 Å². The average Bonchev–Trinajstić information content (AvgIpc) is 3.09. The number of halogens is 1. The molecule has 1 amide bonds. The molecule has 8 nitrogen and oxygen atoms in total. The van der Waals surface area contributed by atoms with Crippen LogP contribution >= 0.6 is 0 Å². The summed E-state index contributed by atoms with van der Waals surface area (Å²) >= 11 is 0. The topological polar surface area (TPSA) is 83.8 Å². The molecule has 2 N–H and O–H groups in total. The van der Waals surface area contributed by atoms with Gasteiger partial charge in [0, 0.05) is 18.3 Å². The first kappa shape index (κ1) is 19.1. The first-order chi connectivity index (χ1) is 13.9. The van der Waals surface area contributed by atoms with Crippen LogP contribution < -0.4 is 15.4 Å².